The summed E-state index contributed by atoms with van der Waals surface area (Å²) in [4.78, 5) is 9.36. The van der Waals surface area contributed by atoms with Crippen molar-refractivity contribution in [2.24, 2.45) is 0 Å². The zero-order valence-corrected chi connectivity index (χ0v) is 12.8. The highest BCUT2D eigenvalue weighted by molar-refractivity contribution is 5.61. The number of hydrogen-bond donors (Lipinski definition) is 1. The Labute approximate surface area is 125 Å². The molecular weight excluding hydrogens is 262 g/mol. The summed E-state index contributed by atoms with van der Waals surface area (Å²) in [5, 5.41) is 3.29. The second-order valence-corrected chi connectivity index (χ2v) is 5.61. The molecule has 0 saturated carbocycles. The highest BCUT2D eigenvalue weighted by Crippen LogP contribution is 2.30. The maximum absolute atomic E-state index is 5.56. The van der Waals surface area contributed by atoms with Gasteiger partial charge in [-0.15, -0.1) is 0 Å². The first-order valence-corrected chi connectivity index (χ1v) is 7.56. The number of aromatic nitrogens is 2. The molecule has 1 aliphatic heterocycles. The maximum atomic E-state index is 5.56. The number of ether oxygens (including phenoxy) is 1. The Kier molecular flexibility index (Phi) is 3.78. The molecule has 0 atom stereocenters. The van der Waals surface area contributed by atoms with Gasteiger partial charge in [0, 0.05) is 30.3 Å². The summed E-state index contributed by atoms with van der Waals surface area (Å²) in [6.45, 7) is 8.00. The van der Waals surface area contributed by atoms with Gasteiger partial charge in [0.05, 0.1) is 6.61 Å². The van der Waals surface area contributed by atoms with Gasteiger partial charge in [-0.1, -0.05) is 13.8 Å². The van der Waals surface area contributed by atoms with Crippen molar-refractivity contribution in [3.05, 3.63) is 35.5 Å². The van der Waals surface area contributed by atoms with Crippen LogP contribution in [-0.2, 0) is 6.42 Å². The fraction of sp³-hybridized carbons (Fsp3) is 0.412. The quantitative estimate of drug-likeness (QED) is 0.930. The first-order chi connectivity index (χ1) is 10.2. The minimum absolute atomic E-state index is 0.377. The molecule has 0 unspecified atom stereocenters. The second-order valence-electron chi connectivity index (χ2n) is 5.61. The Morgan fingerprint density at radius 3 is 2.86 bits per heavy atom. The van der Waals surface area contributed by atoms with Crippen molar-refractivity contribution in [1.82, 2.24) is 9.97 Å². The summed E-state index contributed by atoms with van der Waals surface area (Å²) >= 11 is 0. The molecule has 2 heterocycles. The van der Waals surface area contributed by atoms with Crippen LogP contribution < -0.4 is 10.1 Å². The molecule has 0 aliphatic carbocycles. The monoisotopic (exact) mass is 283 g/mol. The third kappa shape index (κ3) is 2.84. The smallest absolute Gasteiger partial charge is 0.161 e. The van der Waals surface area contributed by atoms with E-state index in [1.807, 2.05) is 18.2 Å². The van der Waals surface area contributed by atoms with E-state index in [2.05, 4.69) is 37.1 Å². The van der Waals surface area contributed by atoms with Gasteiger partial charge in [-0.25, -0.2) is 9.97 Å². The van der Waals surface area contributed by atoms with Gasteiger partial charge in [-0.3, -0.25) is 0 Å². The predicted molar refractivity (Wildman–Crippen MR) is 84.9 cm³/mol. The average molecular weight is 283 g/mol. The van der Waals surface area contributed by atoms with E-state index in [9.17, 15) is 0 Å². The summed E-state index contributed by atoms with van der Waals surface area (Å²) in [5.41, 5.74) is 3.37. The molecule has 0 saturated heterocycles. The van der Waals surface area contributed by atoms with Gasteiger partial charge in [-0.05, 0) is 36.6 Å². The lowest BCUT2D eigenvalue weighted by Gasteiger charge is -2.11. The van der Waals surface area contributed by atoms with Crippen molar-refractivity contribution in [1.29, 1.82) is 0 Å². The van der Waals surface area contributed by atoms with Crippen LogP contribution in [-0.4, -0.2) is 23.1 Å². The van der Waals surface area contributed by atoms with Gasteiger partial charge < -0.3 is 10.1 Å². The minimum atomic E-state index is 0.377. The average Bonchev–Trinajstić information content (AvgIpc) is 2.94. The molecule has 3 rings (SSSR count). The van der Waals surface area contributed by atoms with Crippen molar-refractivity contribution >= 4 is 5.82 Å². The van der Waals surface area contributed by atoms with Crippen LogP contribution in [0.2, 0.25) is 0 Å². The van der Waals surface area contributed by atoms with Crippen LogP contribution in [0.15, 0.2) is 24.3 Å². The Balaban J connectivity index is 2.04. The third-order valence-corrected chi connectivity index (χ3v) is 3.64. The van der Waals surface area contributed by atoms with E-state index in [0.29, 0.717) is 5.92 Å². The molecule has 1 aromatic carbocycles. The lowest BCUT2D eigenvalue weighted by atomic mass is 10.1. The Morgan fingerprint density at radius 1 is 1.24 bits per heavy atom. The summed E-state index contributed by atoms with van der Waals surface area (Å²) in [6, 6.07) is 8.25. The molecule has 0 amide bonds. The summed E-state index contributed by atoms with van der Waals surface area (Å²) < 4.78 is 5.56. The van der Waals surface area contributed by atoms with Crippen molar-refractivity contribution in [2.45, 2.75) is 33.1 Å². The zero-order valence-electron chi connectivity index (χ0n) is 12.8. The summed E-state index contributed by atoms with van der Waals surface area (Å²) in [6.07, 6.45) is 0.965. The van der Waals surface area contributed by atoms with Crippen LogP contribution in [0.25, 0.3) is 11.4 Å². The number of nitrogens with zero attached hydrogens (tertiary/aromatic N) is 2. The molecule has 0 spiro atoms. The van der Waals surface area contributed by atoms with E-state index >= 15 is 0 Å². The van der Waals surface area contributed by atoms with Gasteiger partial charge in [0.1, 0.15) is 11.6 Å². The van der Waals surface area contributed by atoms with Gasteiger partial charge in [0.2, 0.25) is 0 Å². The van der Waals surface area contributed by atoms with Crippen LogP contribution >= 0.6 is 0 Å². The molecule has 0 bridgehead atoms. The molecule has 2 aromatic rings. The molecule has 1 aromatic heterocycles. The first kappa shape index (κ1) is 13.9. The number of nitrogens with one attached hydrogen (secondary N) is 1. The van der Waals surface area contributed by atoms with Crippen LogP contribution in [0.5, 0.6) is 5.75 Å². The molecule has 0 radical (unpaired) electrons. The minimum Gasteiger partial charge on any atom is -0.493 e. The van der Waals surface area contributed by atoms with E-state index in [1.54, 1.807) is 0 Å². The summed E-state index contributed by atoms with van der Waals surface area (Å²) in [5.74, 6) is 3.04. The molecule has 1 aliphatic rings. The van der Waals surface area contributed by atoms with Gasteiger partial charge in [0.15, 0.2) is 5.82 Å². The Bertz CT molecular complexity index is 652. The van der Waals surface area contributed by atoms with Crippen molar-refractivity contribution in [3.8, 4) is 17.1 Å². The van der Waals surface area contributed by atoms with Gasteiger partial charge in [-0.2, -0.15) is 0 Å². The molecule has 0 fully saturated rings. The Morgan fingerprint density at radius 2 is 2.10 bits per heavy atom. The van der Waals surface area contributed by atoms with E-state index in [0.717, 1.165) is 48.2 Å². The fourth-order valence-electron chi connectivity index (χ4n) is 2.49. The van der Waals surface area contributed by atoms with Crippen molar-refractivity contribution in [3.63, 3.8) is 0 Å². The number of anilines is 1. The highest BCUT2D eigenvalue weighted by atomic mass is 16.5. The van der Waals surface area contributed by atoms with E-state index in [4.69, 9.17) is 9.72 Å². The van der Waals surface area contributed by atoms with E-state index < -0.39 is 0 Å². The lowest BCUT2D eigenvalue weighted by Crippen LogP contribution is -2.05. The largest absolute Gasteiger partial charge is 0.493 e. The molecular formula is C17H21N3O. The second kappa shape index (κ2) is 5.72. The van der Waals surface area contributed by atoms with Crippen molar-refractivity contribution in [2.75, 3.05) is 18.5 Å². The molecule has 4 nitrogen and oxygen atoms in total. The number of rotatable bonds is 4. The molecule has 1 N–H and O–H groups in total. The van der Waals surface area contributed by atoms with E-state index in [1.165, 1.54) is 5.56 Å². The van der Waals surface area contributed by atoms with Crippen LogP contribution in [0.3, 0.4) is 0 Å². The molecule has 110 valence electrons. The third-order valence-electron chi connectivity index (χ3n) is 3.64. The normalized spacial score (nSPS) is 13.1. The zero-order chi connectivity index (χ0) is 14.8. The maximum Gasteiger partial charge on any atom is 0.161 e. The highest BCUT2D eigenvalue weighted by Gasteiger charge is 2.15. The predicted octanol–water partition coefficient (Wildman–Crippen LogP) is 3.63. The fourth-order valence-corrected chi connectivity index (χ4v) is 2.49. The SMILES string of the molecule is CCNc1cc(C(C)C)nc(-c2ccc3c(c2)CCO3)n1. The van der Waals surface area contributed by atoms with Crippen molar-refractivity contribution < 1.29 is 4.74 Å². The van der Waals surface area contributed by atoms with E-state index in [-0.39, 0.29) is 0 Å². The molecule has 4 heteroatoms. The number of hydrogen-bond acceptors (Lipinski definition) is 4. The topological polar surface area (TPSA) is 47.0 Å². The lowest BCUT2D eigenvalue weighted by molar-refractivity contribution is 0.357. The van der Waals surface area contributed by atoms with Gasteiger partial charge >= 0.3 is 0 Å². The van der Waals surface area contributed by atoms with Crippen LogP contribution in [0, 0.1) is 0 Å². The van der Waals surface area contributed by atoms with Crippen LogP contribution in [0.4, 0.5) is 5.82 Å². The molecule has 21 heavy (non-hydrogen) atoms. The first-order valence-electron chi connectivity index (χ1n) is 7.56. The van der Waals surface area contributed by atoms with Gasteiger partial charge in [0.25, 0.3) is 0 Å². The number of benzene rings is 1. The number of fused-ring (bicyclic) bond motifs is 1. The Hall–Kier alpha value is -2.10. The summed E-state index contributed by atoms with van der Waals surface area (Å²) in [7, 11) is 0. The van der Waals surface area contributed by atoms with Crippen LogP contribution in [0.1, 0.15) is 37.9 Å². The standard InChI is InChI=1S/C17H21N3O/c1-4-18-16-10-14(11(2)3)19-17(20-16)13-5-6-15-12(9-13)7-8-21-15/h5-6,9-11H,4,7-8H2,1-3H3,(H,18,19,20).